The Labute approximate surface area is 143 Å². The summed E-state index contributed by atoms with van der Waals surface area (Å²) >= 11 is 5.90. The Morgan fingerprint density at radius 2 is 1.79 bits per heavy atom. The van der Waals surface area contributed by atoms with Gasteiger partial charge in [0, 0.05) is 16.8 Å². The lowest BCUT2D eigenvalue weighted by Gasteiger charge is -2.23. The Balaban J connectivity index is 1.61. The van der Waals surface area contributed by atoms with E-state index in [1.807, 2.05) is 18.2 Å². The Kier molecular flexibility index (Phi) is 3.74. The maximum absolute atomic E-state index is 12.3. The maximum Gasteiger partial charge on any atom is 0.255 e. The quantitative estimate of drug-likeness (QED) is 0.910. The number of guanidine groups is 1. The van der Waals surface area contributed by atoms with Crippen LogP contribution in [-0.4, -0.2) is 31.6 Å². The van der Waals surface area contributed by atoms with Crippen LogP contribution in [-0.2, 0) is 4.79 Å². The molecule has 0 atom stereocenters. The van der Waals surface area contributed by atoms with Crippen molar-refractivity contribution in [1.82, 2.24) is 0 Å². The minimum absolute atomic E-state index is 0.102. The fourth-order valence-corrected chi connectivity index (χ4v) is 2.72. The van der Waals surface area contributed by atoms with Gasteiger partial charge < -0.3 is 14.8 Å². The molecule has 0 saturated heterocycles. The summed E-state index contributed by atoms with van der Waals surface area (Å²) in [5.74, 6) is 1.67. The second kappa shape index (κ2) is 6.05. The van der Waals surface area contributed by atoms with Crippen LogP contribution in [0.2, 0.25) is 5.02 Å². The van der Waals surface area contributed by atoms with Crippen molar-refractivity contribution in [3.63, 3.8) is 0 Å². The number of nitrogens with zero attached hydrogens (tertiary/aromatic N) is 2. The molecule has 0 saturated carbocycles. The van der Waals surface area contributed by atoms with Crippen molar-refractivity contribution in [3.8, 4) is 11.5 Å². The Hall–Kier alpha value is -2.73. The molecule has 7 heteroatoms. The number of nitrogens with one attached hydrogen (secondary N) is 1. The van der Waals surface area contributed by atoms with E-state index >= 15 is 0 Å². The number of benzene rings is 2. The summed E-state index contributed by atoms with van der Waals surface area (Å²) in [5, 5.41) is 3.80. The van der Waals surface area contributed by atoms with Crippen LogP contribution in [0.4, 0.5) is 11.4 Å². The number of carbonyl (C=O) groups excluding carboxylic acids is 1. The molecule has 122 valence electrons. The molecule has 1 amide bonds. The number of fused-ring (bicyclic) bond motifs is 1. The van der Waals surface area contributed by atoms with Crippen molar-refractivity contribution in [2.24, 2.45) is 4.99 Å². The van der Waals surface area contributed by atoms with Crippen molar-refractivity contribution in [3.05, 3.63) is 47.5 Å². The summed E-state index contributed by atoms with van der Waals surface area (Å²) in [7, 11) is 0. The first-order valence-corrected chi connectivity index (χ1v) is 7.88. The van der Waals surface area contributed by atoms with Gasteiger partial charge in [-0.05, 0) is 36.4 Å². The highest BCUT2D eigenvalue weighted by atomic mass is 35.5. The molecule has 2 aliphatic rings. The number of aliphatic imine (C=N–C) groups is 1. The summed E-state index contributed by atoms with van der Waals surface area (Å²) in [4.78, 5) is 18.1. The second-order valence-electron chi connectivity index (χ2n) is 5.33. The first-order chi connectivity index (χ1) is 11.7. The van der Waals surface area contributed by atoms with E-state index in [9.17, 15) is 4.79 Å². The minimum Gasteiger partial charge on any atom is -0.486 e. The topological polar surface area (TPSA) is 63.2 Å². The number of hydrogen-bond donors (Lipinski definition) is 1. The molecule has 0 unspecified atom stereocenters. The van der Waals surface area contributed by atoms with E-state index < -0.39 is 0 Å². The van der Waals surface area contributed by atoms with Crippen molar-refractivity contribution < 1.29 is 14.3 Å². The van der Waals surface area contributed by atoms with Gasteiger partial charge in [-0.1, -0.05) is 11.6 Å². The monoisotopic (exact) mass is 343 g/mol. The molecule has 0 aromatic heterocycles. The predicted molar refractivity (Wildman–Crippen MR) is 92.3 cm³/mol. The van der Waals surface area contributed by atoms with E-state index in [0.717, 1.165) is 5.69 Å². The molecular formula is C17H14ClN3O3. The molecule has 2 heterocycles. The normalized spacial score (nSPS) is 16.1. The van der Waals surface area contributed by atoms with Crippen molar-refractivity contribution >= 4 is 34.8 Å². The molecule has 0 aliphatic carbocycles. The molecule has 24 heavy (non-hydrogen) atoms. The fourth-order valence-electron chi connectivity index (χ4n) is 2.60. The van der Waals surface area contributed by atoms with Crippen LogP contribution >= 0.6 is 11.6 Å². The van der Waals surface area contributed by atoms with Crippen LogP contribution in [0.3, 0.4) is 0 Å². The summed E-state index contributed by atoms with van der Waals surface area (Å²) in [6.45, 7) is 1.12. The summed E-state index contributed by atoms with van der Waals surface area (Å²) in [5.41, 5.74) is 1.48. The maximum atomic E-state index is 12.3. The van der Waals surface area contributed by atoms with E-state index in [1.54, 1.807) is 24.3 Å². The first-order valence-electron chi connectivity index (χ1n) is 7.50. The fraction of sp³-hybridized carbons (Fsp3) is 0.176. The molecule has 0 fully saturated rings. The molecule has 0 spiro atoms. The van der Waals surface area contributed by atoms with E-state index in [2.05, 4.69) is 10.3 Å². The van der Waals surface area contributed by atoms with Gasteiger partial charge in [0.1, 0.15) is 19.8 Å². The number of carbonyl (C=O) groups is 1. The minimum atomic E-state index is -0.108. The summed E-state index contributed by atoms with van der Waals surface area (Å²) in [6.07, 6.45) is 0. The standard InChI is InChI=1S/C17H14ClN3O3/c18-11-1-3-12(4-2-11)20-17-19-10-16(22)21(17)13-5-6-14-15(9-13)24-8-7-23-14/h1-6,9H,7-8,10H2,(H,19,20). The van der Waals surface area contributed by atoms with Gasteiger partial charge in [-0.25, -0.2) is 9.89 Å². The molecule has 2 aromatic rings. The van der Waals surface area contributed by atoms with E-state index in [0.29, 0.717) is 41.4 Å². The zero-order valence-corrected chi connectivity index (χ0v) is 13.4. The van der Waals surface area contributed by atoms with Gasteiger partial charge in [-0.2, -0.15) is 0 Å². The Morgan fingerprint density at radius 3 is 2.58 bits per heavy atom. The van der Waals surface area contributed by atoms with Gasteiger partial charge in [0.05, 0.1) is 5.69 Å². The lowest BCUT2D eigenvalue weighted by Crippen LogP contribution is -2.37. The first kappa shape index (κ1) is 14.8. The number of amides is 1. The lowest BCUT2D eigenvalue weighted by atomic mass is 10.2. The molecule has 4 rings (SSSR count). The number of hydrogen-bond acceptors (Lipinski definition) is 5. The molecule has 6 nitrogen and oxygen atoms in total. The summed E-state index contributed by atoms with van der Waals surface area (Å²) in [6, 6.07) is 12.6. The highest BCUT2D eigenvalue weighted by molar-refractivity contribution is 6.30. The largest absolute Gasteiger partial charge is 0.486 e. The van der Waals surface area contributed by atoms with Crippen LogP contribution < -0.4 is 19.7 Å². The molecule has 1 N–H and O–H groups in total. The average molecular weight is 344 g/mol. The third-order valence-electron chi connectivity index (χ3n) is 3.71. The SMILES string of the molecule is O=C1CN=C(Nc2ccc(Cl)cc2)N1c1ccc2c(c1)OCCO2. The Bertz CT molecular complexity index is 820. The van der Waals surface area contributed by atoms with Crippen molar-refractivity contribution in [2.75, 3.05) is 30.0 Å². The summed E-state index contributed by atoms with van der Waals surface area (Å²) < 4.78 is 11.1. The van der Waals surface area contributed by atoms with Gasteiger partial charge in [-0.15, -0.1) is 0 Å². The van der Waals surface area contributed by atoms with Gasteiger partial charge in [0.15, 0.2) is 11.5 Å². The van der Waals surface area contributed by atoms with Gasteiger partial charge >= 0.3 is 0 Å². The third kappa shape index (κ3) is 2.76. The van der Waals surface area contributed by atoms with E-state index in [4.69, 9.17) is 21.1 Å². The van der Waals surface area contributed by atoms with Crippen LogP contribution in [0.5, 0.6) is 11.5 Å². The molecule has 2 aliphatic heterocycles. The zero-order valence-electron chi connectivity index (χ0n) is 12.7. The van der Waals surface area contributed by atoms with Crippen LogP contribution in [0.15, 0.2) is 47.5 Å². The van der Waals surface area contributed by atoms with E-state index in [-0.39, 0.29) is 12.5 Å². The van der Waals surface area contributed by atoms with Crippen LogP contribution in [0, 0.1) is 0 Å². The molecular weight excluding hydrogens is 330 g/mol. The molecule has 0 bridgehead atoms. The highest BCUT2D eigenvalue weighted by Gasteiger charge is 2.28. The number of anilines is 2. The van der Waals surface area contributed by atoms with Crippen molar-refractivity contribution in [2.45, 2.75) is 0 Å². The third-order valence-corrected chi connectivity index (χ3v) is 3.96. The zero-order chi connectivity index (χ0) is 16.5. The number of ether oxygens (including phenoxy) is 2. The highest BCUT2D eigenvalue weighted by Crippen LogP contribution is 2.34. The molecule has 2 aromatic carbocycles. The lowest BCUT2D eigenvalue weighted by molar-refractivity contribution is -0.115. The van der Waals surface area contributed by atoms with Crippen molar-refractivity contribution in [1.29, 1.82) is 0 Å². The number of rotatable bonds is 2. The molecule has 0 radical (unpaired) electrons. The smallest absolute Gasteiger partial charge is 0.255 e. The van der Waals surface area contributed by atoms with Gasteiger partial charge in [-0.3, -0.25) is 4.79 Å². The second-order valence-corrected chi connectivity index (χ2v) is 5.77. The number of halogens is 1. The van der Waals surface area contributed by atoms with Gasteiger partial charge in [0.2, 0.25) is 5.96 Å². The van der Waals surface area contributed by atoms with Crippen LogP contribution in [0.25, 0.3) is 0 Å². The van der Waals surface area contributed by atoms with Crippen LogP contribution in [0.1, 0.15) is 0 Å². The van der Waals surface area contributed by atoms with Gasteiger partial charge in [0.25, 0.3) is 5.91 Å². The Morgan fingerprint density at radius 1 is 1.04 bits per heavy atom. The average Bonchev–Trinajstić information content (AvgIpc) is 2.97. The van der Waals surface area contributed by atoms with E-state index in [1.165, 1.54) is 4.90 Å². The predicted octanol–water partition coefficient (Wildman–Crippen LogP) is 2.93.